The van der Waals surface area contributed by atoms with Gasteiger partial charge in [0.05, 0.1) is 41.2 Å². The molecule has 0 aliphatic carbocycles. The molecule has 13 nitrogen and oxygen atoms in total. The summed E-state index contributed by atoms with van der Waals surface area (Å²) in [5.74, 6) is -1.38. The lowest BCUT2D eigenvalue weighted by molar-refractivity contribution is -0.0370. The molecular formula is C35H29N7O6. The Kier molecular flexibility index (Phi) is 7.17. The van der Waals surface area contributed by atoms with Crippen molar-refractivity contribution >= 4 is 45.5 Å². The zero-order valence-electron chi connectivity index (χ0n) is 26.1. The van der Waals surface area contributed by atoms with Crippen LogP contribution in [0.3, 0.4) is 0 Å². The summed E-state index contributed by atoms with van der Waals surface area (Å²) in [5.41, 5.74) is 3.12. The summed E-state index contributed by atoms with van der Waals surface area (Å²) < 4.78 is 21.1. The Labute approximate surface area is 273 Å². The number of fused-ring (bicyclic) bond motifs is 3. The molecule has 0 saturated carbocycles. The number of hydrogen-bond donors (Lipinski definition) is 0. The smallest absolute Gasteiger partial charge is 0.337 e. The first-order valence-electron chi connectivity index (χ1n) is 15.6. The topological polar surface area (TPSA) is 144 Å². The van der Waals surface area contributed by atoms with Gasteiger partial charge in [-0.2, -0.15) is 10.2 Å². The number of hydrogen-bond acceptors (Lipinski definition) is 10. The van der Waals surface area contributed by atoms with Gasteiger partial charge in [-0.25, -0.2) is 29.0 Å². The molecule has 0 bridgehead atoms. The lowest BCUT2D eigenvalue weighted by Crippen LogP contribution is -2.31. The number of esters is 1. The van der Waals surface area contributed by atoms with Crippen molar-refractivity contribution in [3.63, 3.8) is 0 Å². The Hall–Kier alpha value is -5.95. The molecule has 2 aliphatic rings. The maximum atomic E-state index is 13.7. The highest BCUT2D eigenvalue weighted by Gasteiger charge is 2.39. The maximum Gasteiger partial charge on any atom is 0.337 e. The number of pyridine rings is 2. The van der Waals surface area contributed by atoms with Crippen molar-refractivity contribution in [1.82, 2.24) is 29.5 Å². The van der Waals surface area contributed by atoms with Crippen LogP contribution < -0.4 is 9.64 Å². The number of aromatic nitrogens is 6. The SMILES string of the molecule is COC(=O)c1ccc2nc(N3C(=O)c4ccccc4C3=O)c(O[C@@H](C)c3nc4c(cnn4[C@@H]4CCCCO4)cc3-n3cccn3)cc2c1. The zero-order chi connectivity index (χ0) is 32.9. The molecule has 13 heteroatoms. The molecule has 2 aliphatic heterocycles. The summed E-state index contributed by atoms with van der Waals surface area (Å²) in [6, 6.07) is 16.9. The van der Waals surface area contributed by atoms with Crippen LogP contribution in [0, 0.1) is 0 Å². The first kappa shape index (κ1) is 29.5. The zero-order valence-corrected chi connectivity index (χ0v) is 26.1. The quantitative estimate of drug-likeness (QED) is 0.159. The van der Waals surface area contributed by atoms with Crippen LogP contribution in [0.15, 0.2) is 79.3 Å². The van der Waals surface area contributed by atoms with E-state index in [1.54, 1.807) is 70.3 Å². The fraction of sp³-hybridized carbons (Fsp3) is 0.229. The highest BCUT2D eigenvalue weighted by Crippen LogP contribution is 2.39. The summed E-state index contributed by atoms with van der Waals surface area (Å²) in [6.07, 6.45) is 7.10. The average molecular weight is 644 g/mol. The Morgan fingerprint density at radius 2 is 1.77 bits per heavy atom. The molecule has 0 N–H and O–H groups in total. The summed E-state index contributed by atoms with van der Waals surface area (Å²) in [7, 11) is 1.31. The Balaban J connectivity index is 1.27. The maximum absolute atomic E-state index is 13.7. The van der Waals surface area contributed by atoms with Crippen LogP contribution >= 0.6 is 0 Å². The largest absolute Gasteiger partial charge is 0.480 e. The monoisotopic (exact) mass is 643 g/mol. The van der Waals surface area contributed by atoms with Gasteiger partial charge in [-0.15, -0.1) is 0 Å². The summed E-state index contributed by atoms with van der Waals surface area (Å²) in [4.78, 5) is 50.5. The minimum Gasteiger partial charge on any atom is -0.480 e. The van der Waals surface area contributed by atoms with E-state index in [9.17, 15) is 14.4 Å². The van der Waals surface area contributed by atoms with Crippen molar-refractivity contribution in [1.29, 1.82) is 0 Å². The molecule has 1 fully saturated rings. The number of ether oxygens (including phenoxy) is 3. The number of methoxy groups -OCH3 is 1. The second-order valence-electron chi connectivity index (χ2n) is 11.6. The van der Waals surface area contributed by atoms with Crippen LogP contribution in [0.4, 0.5) is 5.82 Å². The van der Waals surface area contributed by atoms with Gasteiger partial charge >= 0.3 is 5.97 Å². The van der Waals surface area contributed by atoms with E-state index in [2.05, 4.69) is 10.2 Å². The molecule has 0 spiro atoms. The van der Waals surface area contributed by atoms with Gasteiger partial charge in [0.1, 0.15) is 11.8 Å². The van der Waals surface area contributed by atoms with Crippen molar-refractivity contribution < 1.29 is 28.6 Å². The number of benzene rings is 2. The van der Waals surface area contributed by atoms with Crippen LogP contribution in [-0.4, -0.2) is 61.0 Å². The lowest BCUT2D eigenvalue weighted by atomic mass is 10.1. The summed E-state index contributed by atoms with van der Waals surface area (Å²) in [6.45, 7) is 2.47. The minimum atomic E-state index is -0.749. The number of nitrogens with zero attached hydrogens (tertiary/aromatic N) is 7. The van der Waals surface area contributed by atoms with Crippen LogP contribution in [0.5, 0.6) is 5.75 Å². The van der Waals surface area contributed by atoms with Crippen LogP contribution in [0.25, 0.3) is 27.6 Å². The van der Waals surface area contributed by atoms with E-state index < -0.39 is 23.9 Å². The molecule has 4 aromatic heterocycles. The number of anilines is 1. The van der Waals surface area contributed by atoms with Crippen molar-refractivity contribution in [2.75, 3.05) is 18.6 Å². The van der Waals surface area contributed by atoms with E-state index in [0.29, 0.717) is 40.1 Å². The number of carbonyl (C=O) groups excluding carboxylic acids is 3. The van der Waals surface area contributed by atoms with Crippen molar-refractivity contribution in [2.24, 2.45) is 0 Å². The van der Waals surface area contributed by atoms with Crippen LogP contribution in [0.2, 0.25) is 0 Å². The average Bonchev–Trinajstić information content (AvgIpc) is 3.86. The highest BCUT2D eigenvalue weighted by molar-refractivity contribution is 6.34. The molecule has 6 aromatic rings. The second-order valence-corrected chi connectivity index (χ2v) is 11.6. The van der Waals surface area contributed by atoms with Gasteiger partial charge in [0, 0.05) is 29.8 Å². The van der Waals surface area contributed by atoms with E-state index in [0.717, 1.165) is 29.5 Å². The molecule has 2 aromatic carbocycles. The fourth-order valence-corrected chi connectivity index (χ4v) is 6.27. The van der Waals surface area contributed by atoms with Crippen LogP contribution in [-0.2, 0) is 9.47 Å². The lowest BCUT2D eigenvalue weighted by Gasteiger charge is -2.24. The number of carbonyl (C=O) groups is 3. The molecule has 6 heterocycles. The van der Waals surface area contributed by atoms with Gasteiger partial charge in [0.2, 0.25) is 0 Å². The first-order valence-corrected chi connectivity index (χ1v) is 15.6. The minimum absolute atomic E-state index is 0.0220. The molecule has 240 valence electrons. The third-order valence-corrected chi connectivity index (χ3v) is 8.63. The first-order chi connectivity index (χ1) is 23.4. The fourth-order valence-electron chi connectivity index (χ4n) is 6.27. The normalized spacial score (nSPS) is 16.8. The Morgan fingerprint density at radius 3 is 2.48 bits per heavy atom. The van der Waals surface area contributed by atoms with Gasteiger partial charge in [-0.1, -0.05) is 12.1 Å². The van der Waals surface area contributed by atoms with Gasteiger partial charge < -0.3 is 14.2 Å². The highest BCUT2D eigenvalue weighted by atomic mass is 16.5. The van der Waals surface area contributed by atoms with E-state index in [4.69, 9.17) is 24.2 Å². The predicted octanol–water partition coefficient (Wildman–Crippen LogP) is 5.59. The number of imide groups is 1. The van der Waals surface area contributed by atoms with Crippen LogP contribution in [0.1, 0.15) is 75.3 Å². The van der Waals surface area contributed by atoms with Crippen molar-refractivity contribution in [2.45, 2.75) is 38.5 Å². The molecule has 0 radical (unpaired) electrons. The van der Waals surface area contributed by atoms with Gasteiger partial charge in [0.15, 0.2) is 23.4 Å². The van der Waals surface area contributed by atoms with E-state index >= 15 is 0 Å². The van der Waals surface area contributed by atoms with Gasteiger partial charge in [0.25, 0.3) is 11.8 Å². The standard InChI is InChI=1S/C35H29N7O6/c1-20(30-27(40-14-7-13-36-40)17-23-19-37-42(31(23)39-30)29-10-5-6-15-47-29)48-28-18-22-16-21(35(45)46-2)11-12-26(22)38-32(28)41-33(43)24-8-3-4-9-25(24)34(41)44/h3-4,7-9,11-14,16-20,29H,5-6,10,15H2,1-2H3/t20-,29-/m0/s1. The third-order valence-electron chi connectivity index (χ3n) is 8.63. The molecule has 48 heavy (non-hydrogen) atoms. The Morgan fingerprint density at radius 1 is 0.958 bits per heavy atom. The number of rotatable bonds is 7. The van der Waals surface area contributed by atoms with Crippen molar-refractivity contribution in [3.8, 4) is 11.4 Å². The summed E-state index contributed by atoms with van der Waals surface area (Å²) in [5, 5.41) is 10.4. The predicted molar refractivity (Wildman–Crippen MR) is 173 cm³/mol. The van der Waals surface area contributed by atoms with Gasteiger partial charge in [-0.05, 0) is 74.7 Å². The molecule has 1 saturated heterocycles. The van der Waals surface area contributed by atoms with E-state index in [-0.39, 0.29) is 28.9 Å². The Bertz CT molecular complexity index is 2200. The number of amides is 2. The third kappa shape index (κ3) is 4.86. The molecule has 0 unspecified atom stereocenters. The molecule has 2 atom stereocenters. The molecule has 8 rings (SSSR count). The second kappa shape index (κ2) is 11.7. The van der Waals surface area contributed by atoms with Crippen molar-refractivity contribution in [3.05, 3.63) is 102 Å². The van der Waals surface area contributed by atoms with E-state index in [1.165, 1.54) is 7.11 Å². The van der Waals surface area contributed by atoms with E-state index in [1.807, 2.05) is 25.3 Å². The molecular weight excluding hydrogens is 614 g/mol. The van der Waals surface area contributed by atoms with Gasteiger partial charge in [-0.3, -0.25) is 9.59 Å². The summed E-state index contributed by atoms with van der Waals surface area (Å²) >= 11 is 0. The molecule has 2 amide bonds.